The van der Waals surface area contributed by atoms with Gasteiger partial charge in [0.1, 0.15) is 6.04 Å². The number of guanidine groups is 1. The lowest BCUT2D eigenvalue weighted by Gasteiger charge is -2.25. The average Bonchev–Trinajstić information content (AvgIpc) is 3.13. The van der Waals surface area contributed by atoms with Crippen LogP contribution in [0.1, 0.15) is 20.3 Å². The van der Waals surface area contributed by atoms with Gasteiger partial charge in [-0.1, -0.05) is 13.8 Å². The molecule has 6 atom stereocenters. The molecule has 2 rings (SSSR count). The number of carbonyl (C=O) groups is 2. The lowest BCUT2D eigenvalue weighted by molar-refractivity contribution is -0.143. The molecule has 0 saturated carbocycles. The number of carboxylic acid groups (broad SMARTS) is 1. The van der Waals surface area contributed by atoms with Gasteiger partial charge in [-0.15, -0.1) is 0 Å². The summed E-state index contributed by atoms with van der Waals surface area (Å²) in [6.45, 7) is 4.36. The first-order valence-electron chi connectivity index (χ1n) is 7.35. The SMILES string of the molecule is CC(C)[C@H](N)C(=O)N[C@@H](C(=O)O)[C@@H]1C[C@H](N=C(N)N)[C@@H]2CN21. The zero-order valence-electron chi connectivity index (χ0n) is 12.8. The molecule has 9 nitrogen and oxygen atoms in total. The monoisotopic (exact) mass is 312 g/mol. The van der Waals surface area contributed by atoms with Crippen molar-refractivity contribution < 1.29 is 14.7 Å². The number of piperidine rings is 1. The molecule has 0 aromatic heterocycles. The summed E-state index contributed by atoms with van der Waals surface area (Å²) in [5, 5.41) is 12.0. The van der Waals surface area contributed by atoms with Gasteiger partial charge < -0.3 is 27.6 Å². The number of hydrogen-bond donors (Lipinski definition) is 5. The highest BCUT2D eigenvalue weighted by Crippen LogP contribution is 2.39. The van der Waals surface area contributed by atoms with Crippen molar-refractivity contribution in [3.8, 4) is 0 Å². The highest BCUT2D eigenvalue weighted by Gasteiger charge is 2.56. The van der Waals surface area contributed by atoms with E-state index in [1.165, 1.54) is 0 Å². The molecule has 2 heterocycles. The van der Waals surface area contributed by atoms with Crippen LogP contribution in [0, 0.1) is 5.92 Å². The van der Waals surface area contributed by atoms with Gasteiger partial charge in [-0.2, -0.15) is 0 Å². The van der Waals surface area contributed by atoms with E-state index in [2.05, 4.69) is 10.3 Å². The van der Waals surface area contributed by atoms with Crippen LogP contribution in [0.4, 0.5) is 0 Å². The molecule has 124 valence electrons. The molecule has 0 bridgehead atoms. The van der Waals surface area contributed by atoms with Crippen LogP contribution < -0.4 is 22.5 Å². The highest BCUT2D eigenvalue weighted by atomic mass is 16.4. The van der Waals surface area contributed by atoms with Crippen LogP contribution in [0.5, 0.6) is 0 Å². The van der Waals surface area contributed by atoms with Crippen molar-refractivity contribution in [1.29, 1.82) is 0 Å². The van der Waals surface area contributed by atoms with E-state index < -0.39 is 24.0 Å². The maximum atomic E-state index is 12.1. The summed E-state index contributed by atoms with van der Waals surface area (Å²) in [4.78, 5) is 29.7. The number of hydrogen-bond acceptors (Lipinski definition) is 5. The second-order valence-corrected chi connectivity index (χ2v) is 6.28. The Kier molecular flexibility index (Phi) is 4.57. The molecule has 1 unspecified atom stereocenters. The topological polar surface area (TPSA) is 160 Å². The van der Waals surface area contributed by atoms with E-state index >= 15 is 0 Å². The number of nitrogens with two attached hydrogens (primary N) is 3. The standard InChI is InChI=1S/C13H24N6O3/c1-5(2)9(14)11(20)18-10(12(21)22)7-3-6(17-13(15)16)8-4-19(7)8/h5-10H,3-4,14H2,1-2H3,(H,18,20)(H,21,22)(H4,15,16,17)/t6-,7-,8-,9-,10+,19?/m0/s1. The van der Waals surface area contributed by atoms with Crippen molar-refractivity contribution in [2.24, 2.45) is 28.1 Å². The first kappa shape index (κ1) is 16.5. The van der Waals surface area contributed by atoms with E-state index in [9.17, 15) is 14.7 Å². The molecule has 2 fully saturated rings. The molecular formula is C13H24N6O3. The first-order chi connectivity index (χ1) is 10.2. The number of aliphatic carboxylic acids is 1. The Balaban J connectivity index is 2.06. The Morgan fingerprint density at radius 1 is 1.36 bits per heavy atom. The number of nitrogens with zero attached hydrogens (tertiary/aromatic N) is 2. The number of fused-ring (bicyclic) bond motifs is 1. The normalized spacial score (nSPS) is 32.0. The fourth-order valence-electron chi connectivity index (χ4n) is 2.97. The molecule has 9 heteroatoms. The third-order valence-corrected chi connectivity index (χ3v) is 4.33. The van der Waals surface area contributed by atoms with Crippen molar-refractivity contribution >= 4 is 17.8 Å². The summed E-state index contributed by atoms with van der Waals surface area (Å²) >= 11 is 0. The molecule has 2 saturated heterocycles. The number of nitrogens with one attached hydrogen (secondary N) is 1. The van der Waals surface area contributed by atoms with Crippen LogP contribution in [0.3, 0.4) is 0 Å². The van der Waals surface area contributed by atoms with Crippen molar-refractivity contribution in [1.82, 2.24) is 10.2 Å². The summed E-state index contributed by atoms with van der Waals surface area (Å²) in [5.74, 6) is -1.60. The number of aliphatic imine (C=N–C) groups is 1. The van der Waals surface area contributed by atoms with E-state index in [1.807, 2.05) is 18.7 Å². The molecule has 22 heavy (non-hydrogen) atoms. The predicted octanol–water partition coefficient (Wildman–Crippen LogP) is -2.36. The summed E-state index contributed by atoms with van der Waals surface area (Å²) < 4.78 is 0. The summed E-state index contributed by atoms with van der Waals surface area (Å²) in [6, 6.07) is -2.03. The smallest absolute Gasteiger partial charge is 0.327 e. The fraction of sp³-hybridized carbons (Fsp3) is 0.769. The van der Waals surface area contributed by atoms with Crippen molar-refractivity contribution in [2.75, 3.05) is 6.54 Å². The Hall–Kier alpha value is -1.87. The number of rotatable bonds is 6. The molecule has 8 N–H and O–H groups in total. The van der Waals surface area contributed by atoms with Crippen molar-refractivity contribution in [2.45, 2.75) is 50.5 Å². The number of carbonyl (C=O) groups excluding carboxylic acids is 1. The van der Waals surface area contributed by atoms with Gasteiger partial charge in [-0.25, -0.2) is 9.79 Å². The lowest BCUT2D eigenvalue weighted by atomic mass is 9.99. The predicted molar refractivity (Wildman–Crippen MR) is 80.9 cm³/mol. The van der Waals surface area contributed by atoms with E-state index in [0.29, 0.717) is 6.42 Å². The van der Waals surface area contributed by atoms with E-state index in [1.54, 1.807) is 0 Å². The van der Waals surface area contributed by atoms with Gasteiger partial charge in [-0.3, -0.25) is 9.69 Å². The molecule has 0 radical (unpaired) electrons. The lowest BCUT2D eigenvalue weighted by Crippen LogP contribution is -2.55. The maximum absolute atomic E-state index is 12.1. The van der Waals surface area contributed by atoms with Crippen LogP contribution in [-0.2, 0) is 9.59 Å². The van der Waals surface area contributed by atoms with Gasteiger partial charge >= 0.3 is 5.97 Å². The van der Waals surface area contributed by atoms with E-state index in [0.717, 1.165) is 6.54 Å². The molecule has 0 aromatic rings. The number of amides is 1. The van der Waals surface area contributed by atoms with Gasteiger partial charge in [0.25, 0.3) is 0 Å². The molecule has 0 aromatic carbocycles. The van der Waals surface area contributed by atoms with E-state index in [-0.39, 0.29) is 30.0 Å². The van der Waals surface area contributed by atoms with Crippen LogP contribution in [0.25, 0.3) is 0 Å². The van der Waals surface area contributed by atoms with Crippen LogP contribution >= 0.6 is 0 Å². The summed E-state index contributed by atoms with van der Waals surface area (Å²) in [6.07, 6.45) is 0.497. The van der Waals surface area contributed by atoms with Crippen LogP contribution in [0.15, 0.2) is 4.99 Å². The molecule has 0 aliphatic carbocycles. The zero-order valence-corrected chi connectivity index (χ0v) is 12.8. The zero-order chi connectivity index (χ0) is 16.6. The minimum atomic E-state index is -1.08. The third kappa shape index (κ3) is 3.30. The molecule has 2 aliphatic heterocycles. The molecule has 0 spiro atoms. The Bertz CT molecular complexity index is 490. The largest absolute Gasteiger partial charge is 0.480 e. The van der Waals surface area contributed by atoms with Gasteiger partial charge in [0.15, 0.2) is 5.96 Å². The highest BCUT2D eigenvalue weighted by molar-refractivity contribution is 5.87. The van der Waals surface area contributed by atoms with Crippen LogP contribution in [0.2, 0.25) is 0 Å². The van der Waals surface area contributed by atoms with Gasteiger partial charge in [0, 0.05) is 18.6 Å². The quantitative estimate of drug-likeness (QED) is 0.208. The summed E-state index contributed by atoms with van der Waals surface area (Å²) in [7, 11) is 0. The second-order valence-electron chi connectivity index (χ2n) is 6.28. The van der Waals surface area contributed by atoms with Gasteiger partial charge in [0.05, 0.1) is 12.1 Å². The Morgan fingerprint density at radius 2 is 2.00 bits per heavy atom. The number of carboxylic acids is 1. The molecule has 1 amide bonds. The minimum Gasteiger partial charge on any atom is -0.480 e. The average molecular weight is 312 g/mol. The molecular weight excluding hydrogens is 288 g/mol. The van der Waals surface area contributed by atoms with Crippen molar-refractivity contribution in [3.63, 3.8) is 0 Å². The van der Waals surface area contributed by atoms with Gasteiger partial charge in [0.2, 0.25) is 5.91 Å². The van der Waals surface area contributed by atoms with E-state index in [4.69, 9.17) is 17.2 Å². The second kappa shape index (κ2) is 6.09. The van der Waals surface area contributed by atoms with Crippen LogP contribution in [-0.4, -0.2) is 64.6 Å². The van der Waals surface area contributed by atoms with Crippen molar-refractivity contribution in [3.05, 3.63) is 0 Å². The molecule has 2 aliphatic rings. The third-order valence-electron chi connectivity index (χ3n) is 4.33. The first-order valence-corrected chi connectivity index (χ1v) is 7.35. The van der Waals surface area contributed by atoms with Gasteiger partial charge in [-0.05, 0) is 12.3 Å². The fourth-order valence-corrected chi connectivity index (χ4v) is 2.97. The summed E-state index contributed by atoms with van der Waals surface area (Å²) in [5.41, 5.74) is 16.6. The Morgan fingerprint density at radius 3 is 2.50 bits per heavy atom. The maximum Gasteiger partial charge on any atom is 0.327 e. The minimum absolute atomic E-state index is 0.00441. The Labute approximate surface area is 128 Å².